The second kappa shape index (κ2) is 12.8. The van der Waals surface area contributed by atoms with Gasteiger partial charge in [0, 0.05) is 19.6 Å². The maximum atomic E-state index is 12.0. The fraction of sp³-hybridized carbons (Fsp3) is 0.643. The summed E-state index contributed by atoms with van der Waals surface area (Å²) >= 11 is 0.553. The molecule has 1 amide bonds. The quantitative estimate of drug-likeness (QED) is 0.338. The molecule has 1 N–H and O–H groups in total. The Labute approximate surface area is 154 Å². The third kappa shape index (κ3) is 12.9. The molecule has 0 bridgehead atoms. The summed E-state index contributed by atoms with van der Waals surface area (Å²) in [5.74, 6) is -2.31. The minimum Gasteiger partial charge on any atom is -0.461 e. The zero-order valence-corrected chi connectivity index (χ0v) is 15.6. The van der Waals surface area contributed by atoms with Crippen molar-refractivity contribution in [1.82, 2.24) is 5.32 Å². The molecule has 0 aliphatic carbocycles. The lowest BCUT2D eigenvalue weighted by atomic mass is 10.3. The fourth-order valence-corrected chi connectivity index (χ4v) is 1.84. The molecule has 0 spiro atoms. The lowest BCUT2D eigenvalue weighted by Gasteiger charge is -2.18. The number of carbonyl (C=O) groups excluding carboxylic acids is 5. The van der Waals surface area contributed by atoms with Gasteiger partial charge in [0.1, 0.15) is 6.04 Å². The van der Waals surface area contributed by atoms with E-state index >= 15 is 0 Å². The van der Waals surface area contributed by atoms with Gasteiger partial charge in [0.15, 0.2) is 0 Å². The number of ether oxygens (including phenoxy) is 5. The molecule has 0 saturated carbocycles. The van der Waals surface area contributed by atoms with Crippen LogP contribution in [-0.2, 0) is 38.1 Å². The Morgan fingerprint density at radius 1 is 0.885 bits per heavy atom. The van der Waals surface area contributed by atoms with Crippen molar-refractivity contribution in [3.63, 3.8) is 0 Å². The van der Waals surface area contributed by atoms with E-state index in [1.54, 1.807) is 13.8 Å². The van der Waals surface area contributed by atoms with Gasteiger partial charge in [0.05, 0.1) is 6.10 Å². The summed E-state index contributed by atoms with van der Waals surface area (Å²) in [6.45, 7) is 4.28. The van der Waals surface area contributed by atoms with Gasteiger partial charge in [-0.2, -0.15) is 0 Å². The van der Waals surface area contributed by atoms with Crippen LogP contribution in [0.15, 0.2) is 0 Å². The van der Waals surface area contributed by atoms with Gasteiger partial charge in [-0.1, -0.05) is 0 Å². The van der Waals surface area contributed by atoms with Gasteiger partial charge in [0.25, 0.3) is 0 Å². The van der Waals surface area contributed by atoms with E-state index in [1.165, 1.54) is 0 Å². The van der Waals surface area contributed by atoms with Crippen LogP contribution < -0.4 is 5.32 Å². The van der Waals surface area contributed by atoms with Crippen LogP contribution in [0.3, 0.4) is 0 Å². The van der Waals surface area contributed by atoms with Gasteiger partial charge < -0.3 is 29.0 Å². The first kappa shape index (κ1) is 23.5. The van der Waals surface area contributed by atoms with Crippen LogP contribution in [0, 0.1) is 0 Å². The van der Waals surface area contributed by atoms with E-state index in [-0.39, 0.29) is 5.75 Å². The van der Waals surface area contributed by atoms with E-state index in [4.69, 9.17) is 4.74 Å². The summed E-state index contributed by atoms with van der Waals surface area (Å²) < 4.78 is 23.0. The van der Waals surface area contributed by atoms with E-state index in [0.29, 0.717) is 11.8 Å². The monoisotopic (exact) mass is 395 g/mol. The number of esters is 3. The average molecular weight is 395 g/mol. The molecule has 0 saturated heterocycles. The van der Waals surface area contributed by atoms with Gasteiger partial charge in [-0.05, 0) is 25.6 Å². The Kier molecular flexibility index (Phi) is 11.6. The van der Waals surface area contributed by atoms with Crippen molar-refractivity contribution in [2.45, 2.75) is 39.8 Å². The minimum absolute atomic E-state index is 0.229. The van der Waals surface area contributed by atoms with E-state index in [0.717, 1.165) is 13.8 Å². The Morgan fingerprint density at radius 2 is 1.42 bits per heavy atom. The van der Waals surface area contributed by atoms with Crippen molar-refractivity contribution in [2.75, 3.05) is 19.3 Å². The Balaban J connectivity index is 4.52. The topological polar surface area (TPSA) is 144 Å². The van der Waals surface area contributed by atoms with Crippen molar-refractivity contribution >= 4 is 41.1 Å². The van der Waals surface area contributed by atoms with Gasteiger partial charge >= 0.3 is 29.3 Å². The summed E-state index contributed by atoms with van der Waals surface area (Å²) in [5.41, 5.74) is 0. The van der Waals surface area contributed by atoms with E-state index in [2.05, 4.69) is 24.3 Å². The zero-order valence-electron chi connectivity index (χ0n) is 14.8. The summed E-state index contributed by atoms with van der Waals surface area (Å²) in [5, 5.41) is 1.35. The fourth-order valence-electron chi connectivity index (χ4n) is 1.19. The number of alkyl carbamates (subject to hydrolysis) is 1. The molecule has 0 aliphatic heterocycles. The maximum absolute atomic E-state index is 12.0. The highest BCUT2D eigenvalue weighted by molar-refractivity contribution is 8.13. The molecule has 26 heavy (non-hydrogen) atoms. The van der Waals surface area contributed by atoms with Gasteiger partial charge in [-0.15, -0.1) is 0 Å². The van der Waals surface area contributed by atoms with E-state index in [1.807, 2.05) is 0 Å². The molecule has 0 aliphatic rings. The molecule has 0 heterocycles. The summed E-state index contributed by atoms with van der Waals surface area (Å²) in [6.07, 6.45) is -1.50. The molecule has 0 fully saturated rings. The van der Waals surface area contributed by atoms with Gasteiger partial charge in [-0.25, -0.2) is 14.4 Å². The summed E-state index contributed by atoms with van der Waals surface area (Å²) in [4.78, 5) is 56.2. The average Bonchev–Trinajstić information content (AvgIpc) is 2.49. The Bertz CT molecular complexity index is 522. The number of hydrogen-bond acceptors (Lipinski definition) is 11. The Hall–Kier alpha value is -2.50. The standard InChI is InChI=1S/C14H21NO10S/c1-8(2)25-12(18)11(15-13(19)23-6-21-9(3)16)5-26-14(20)24-7-22-10(4)17/h8,11H,5-7H2,1-4H3,(H,15,19)/t11-/m0/s1. The van der Waals surface area contributed by atoms with Crippen LogP contribution in [-0.4, -0.2) is 60.8 Å². The van der Waals surface area contributed by atoms with Gasteiger partial charge in [-0.3, -0.25) is 9.59 Å². The molecule has 12 heteroatoms. The first-order chi connectivity index (χ1) is 12.1. The molecular formula is C14H21NO10S. The number of nitrogens with one attached hydrogen (secondary N) is 1. The first-order valence-corrected chi connectivity index (χ1v) is 8.30. The molecule has 1 atom stereocenters. The van der Waals surface area contributed by atoms with Crippen LogP contribution in [0.4, 0.5) is 9.59 Å². The van der Waals surface area contributed by atoms with Crippen molar-refractivity contribution < 1.29 is 47.7 Å². The van der Waals surface area contributed by atoms with Crippen LogP contribution in [0.1, 0.15) is 27.7 Å². The summed E-state index contributed by atoms with van der Waals surface area (Å²) in [7, 11) is 0. The van der Waals surface area contributed by atoms with Crippen molar-refractivity contribution in [2.24, 2.45) is 0 Å². The number of rotatable bonds is 9. The third-order valence-corrected chi connectivity index (χ3v) is 3.04. The normalized spacial score (nSPS) is 11.1. The minimum atomic E-state index is -1.23. The van der Waals surface area contributed by atoms with Crippen LogP contribution in [0.5, 0.6) is 0 Å². The molecule has 0 unspecified atom stereocenters. The predicted octanol–water partition coefficient (Wildman–Crippen LogP) is 0.944. The van der Waals surface area contributed by atoms with Crippen molar-refractivity contribution in [3.8, 4) is 0 Å². The molecule has 0 rings (SSSR count). The summed E-state index contributed by atoms with van der Waals surface area (Å²) in [6, 6.07) is -1.23. The molecule has 0 aromatic rings. The number of hydrogen-bond donors (Lipinski definition) is 1. The van der Waals surface area contributed by atoms with E-state index < -0.39 is 55.0 Å². The van der Waals surface area contributed by atoms with E-state index in [9.17, 15) is 24.0 Å². The molecule has 148 valence electrons. The SMILES string of the molecule is CC(=O)OCOC(=O)N[C@@H](CSC(=O)OCOC(C)=O)C(=O)OC(C)C. The highest BCUT2D eigenvalue weighted by Gasteiger charge is 2.25. The first-order valence-electron chi connectivity index (χ1n) is 7.31. The smallest absolute Gasteiger partial charge is 0.410 e. The number of carbonyl (C=O) groups is 5. The molecular weight excluding hydrogens is 374 g/mol. The van der Waals surface area contributed by atoms with Gasteiger partial charge in [0.2, 0.25) is 13.6 Å². The number of thioether (sulfide) groups is 1. The lowest BCUT2D eigenvalue weighted by molar-refractivity contribution is -0.151. The Morgan fingerprint density at radius 3 is 1.92 bits per heavy atom. The molecule has 0 aromatic carbocycles. The van der Waals surface area contributed by atoms with Crippen LogP contribution in [0.25, 0.3) is 0 Å². The van der Waals surface area contributed by atoms with Crippen LogP contribution >= 0.6 is 11.8 Å². The maximum Gasteiger partial charge on any atom is 0.410 e. The van der Waals surface area contributed by atoms with Crippen LogP contribution in [0.2, 0.25) is 0 Å². The molecule has 0 radical (unpaired) electrons. The number of amides is 1. The van der Waals surface area contributed by atoms with Crippen molar-refractivity contribution in [1.29, 1.82) is 0 Å². The second-order valence-corrected chi connectivity index (χ2v) is 5.78. The lowest BCUT2D eigenvalue weighted by Crippen LogP contribution is -2.45. The zero-order chi connectivity index (χ0) is 20.1. The second-order valence-electron chi connectivity index (χ2n) is 4.83. The highest BCUT2D eigenvalue weighted by atomic mass is 32.2. The molecule has 0 aromatic heterocycles. The van der Waals surface area contributed by atoms with Crippen molar-refractivity contribution in [3.05, 3.63) is 0 Å². The largest absolute Gasteiger partial charge is 0.461 e. The predicted molar refractivity (Wildman–Crippen MR) is 86.8 cm³/mol. The highest BCUT2D eigenvalue weighted by Crippen LogP contribution is 2.10. The third-order valence-electron chi connectivity index (χ3n) is 2.19. The molecule has 11 nitrogen and oxygen atoms in total.